The van der Waals surface area contributed by atoms with Gasteiger partial charge in [0.2, 0.25) is 0 Å². The average Bonchev–Trinajstić information content (AvgIpc) is 3.11. The van der Waals surface area contributed by atoms with E-state index in [0.717, 1.165) is 5.56 Å². The lowest BCUT2D eigenvalue weighted by atomic mass is 10.1. The summed E-state index contributed by atoms with van der Waals surface area (Å²) in [5, 5.41) is 3.47. The fourth-order valence-corrected chi connectivity index (χ4v) is 3.09. The number of hydrogen-bond donors (Lipinski definition) is 1. The van der Waals surface area contributed by atoms with Crippen LogP contribution in [0.3, 0.4) is 0 Å². The number of nitrogens with zero attached hydrogens (tertiary/aromatic N) is 1. The average molecular weight is 394 g/mol. The topological polar surface area (TPSA) is 86.6 Å². The molecule has 0 saturated heterocycles. The van der Waals surface area contributed by atoms with Gasteiger partial charge in [-0.1, -0.05) is 48.5 Å². The van der Waals surface area contributed by atoms with Gasteiger partial charge in [0.1, 0.15) is 6.54 Å². The first-order valence-corrected chi connectivity index (χ1v) is 9.15. The predicted molar refractivity (Wildman–Crippen MR) is 107 cm³/mol. The Kier molecular flexibility index (Phi) is 6.29. The molecule has 0 aliphatic rings. The van der Waals surface area contributed by atoms with Crippen LogP contribution in [-0.2, 0) is 25.6 Å². The first-order valence-electron chi connectivity index (χ1n) is 9.15. The molecule has 1 heterocycles. The Labute approximate surface area is 168 Å². The Hall–Kier alpha value is -3.61. The van der Waals surface area contributed by atoms with Crippen LogP contribution >= 0.6 is 0 Å². The number of methoxy groups -OCH3 is 1. The van der Waals surface area contributed by atoms with Crippen LogP contribution in [0.15, 0.2) is 60.8 Å². The molecule has 29 heavy (non-hydrogen) atoms. The van der Waals surface area contributed by atoms with E-state index in [0.29, 0.717) is 16.5 Å². The number of carbonyl (C=O) groups excluding carboxylic acids is 3. The fraction of sp³-hybridized carbons (Fsp3) is 0.227. The van der Waals surface area contributed by atoms with Gasteiger partial charge in [-0.05, 0) is 18.6 Å². The minimum absolute atomic E-state index is 0.126. The highest BCUT2D eigenvalue weighted by Crippen LogP contribution is 2.22. The van der Waals surface area contributed by atoms with Crippen molar-refractivity contribution in [2.24, 2.45) is 0 Å². The molecule has 0 saturated carbocycles. The number of amides is 1. The molecule has 3 aromatic rings. The minimum atomic E-state index is -0.579. The molecule has 7 heteroatoms. The van der Waals surface area contributed by atoms with Gasteiger partial charge in [-0.25, -0.2) is 4.79 Å². The zero-order valence-corrected chi connectivity index (χ0v) is 16.3. The van der Waals surface area contributed by atoms with E-state index in [1.54, 1.807) is 29.0 Å². The van der Waals surface area contributed by atoms with Gasteiger partial charge in [0, 0.05) is 17.1 Å². The maximum absolute atomic E-state index is 12.2. The first kappa shape index (κ1) is 20.1. The summed E-state index contributed by atoms with van der Waals surface area (Å²) in [6.07, 6.45) is 1.55. The highest BCUT2D eigenvalue weighted by atomic mass is 16.5. The van der Waals surface area contributed by atoms with Gasteiger partial charge in [-0.15, -0.1) is 0 Å². The van der Waals surface area contributed by atoms with Crippen molar-refractivity contribution < 1.29 is 23.9 Å². The van der Waals surface area contributed by atoms with Crippen LogP contribution in [0.25, 0.3) is 10.9 Å². The molecular formula is C22H22N2O5. The molecule has 7 nitrogen and oxygen atoms in total. The van der Waals surface area contributed by atoms with E-state index in [9.17, 15) is 14.4 Å². The number of para-hydroxylation sites is 1. The second kappa shape index (κ2) is 9.05. The van der Waals surface area contributed by atoms with Crippen LogP contribution in [0.2, 0.25) is 0 Å². The first-order chi connectivity index (χ1) is 14.0. The number of fused-ring (bicyclic) bond motifs is 1. The Morgan fingerprint density at radius 1 is 1.03 bits per heavy atom. The number of ether oxygens (including phenoxy) is 2. The third-order valence-corrected chi connectivity index (χ3v) is 4.53. The summed E-state index contributed by atoms with van der Waals surface area (Å²) in [6.45, 7) is 1.35. The molecule has 1 aromatic heterocycles. The molecule has 0 aliphatic carbocycles. The van der Waals surface area contributed by atoms with Crippen molar-refractivity contribution in [1.82, 2.24) is 9.88 Å². The highest BCUT2D eigenvalue weighted by molar-refractivity contribution is 6.04. The molecule has 1 N–H and O–H groups in total. The Morgan fingerprint density at radius 2 is 1.72 bits per heavy atom. The molecule has 0 aliphatic heterocycles. The van der Waals surface area contributed by atoms with E-state index in [4.69, 9.17) is 9.47 Å². The van der Waals surface area contributed by atoms with Gasteiger partial charge in [0.05, 0.1) is 18.7 Å². The van der Waals surface area contributed by atoms with Crippen LogP contribution in [0.5, 0.6) is 0 Å². The Bertz CT molecular complexity index is 1030. The largest absolute Gasteiger partial charge is 0.465 e. The summed E-state index contributed by atoms with van der Waals surface area (Å²) < 4.78 is 11.5. The normalized spacial score (nSPS) is 11.7. The number of esters is 2. The number of benzene rings is 2. The van der Waals surface area contributed by atoms with Crippen LogP contribution in [0.4, 0.5) is 0 Å². The SMILES string of the molecule is COC(=O)c1cn(CC(=O)OCC(=O)N[C@@H](C)c2ccccc2)c2ccccc12. The lowest BCUT2D eigenvalue weighted by Crippen LogP contribution is -2.31. The summed E-state index contributed by atoms with van der Waals surface area (Å²) in [7, 11) is 1.30. The molecule has 150 valence electrons. The van der Waals surface area contributed by atoms with Gasteiger partial charge in [-0.2, -0.15) is 0 Å². The third-order valence-electron chi connectivity index (χ3n) is 4.53. The van der Waals surface area contributed by atoms with Gasteiger partial charge in [-0.3, -0.25) is 9.59 Å². The van der Waals surface area contributed by atoms with E-state index in [1.807, 2.05) is 43.3 Å². The monoisotopic (exact) mass is 394 g/mol. The number of hydrogen-bond acceptors (Lipinski definition) is 5. The van der Waals surface area contributed by atoms with Gasteiger partial charge in [0.15, 0.2) is 6.61 Å². The number of carbonyl (C=O) groups is 3. The zero-order chi connectivity index (χ0) is 20.8. The zero-order valence-electron chi connectivity index (χ0n) is 16.3. The number of rotatable bonds is 7. The molecule has 0 fully saturated rings. The lowest BCUT2D eigenvalue weighted by Gasteiger charge is -2.14. The van der Waals surface area contributed by atoms with Gasteiger partial charge < -0.3 is 19.4 Å². The van der Waals surface area contributed by atoms with Crippen molar-refractivity contribution in [3.63, 3.8) is 0 Å². The number of aromatic nitrogens is 1. The Morgan fingerprint density at radius 3 is 2.45 bits per heavy atom. The van der Waals surface area contributed by atoms with Crippen molar-refractivity contribution in [1.29, 1.82) is 0 Å². The van der Waals surface area contributed by atoms with Crippen LogP contribution in [-0.4, -0.2) is 36.1 Å². The minimum Gasteiger partial charge on any atom is -0.465 e. The second-order valence-electron chi connectivity index (χ2n) is 6.54. The molecule has 0 spiro atoms. The summed E-state index contributed by atoms with van der Waals surface area (Å²) in [6, 6.07) is 16.5. The standard InChI is InChI=1S/C22H22N2O5/c1-15(16-8-4-3-5-9-16)23-20(25)14-29-21(26)13-24-12-18(22(27)28-2)17-10-6-7-11-19(17)24/h3-12,15H,13-14H2,1-2H3,(H,23,25)/t15-/m0/s1. The van der Waals surface area contributed by atoms with Crippen molar-refractivity contribution in [3.05, 3.63) is 71.9 Å². The fourth-order valence-electron chi connectivity index (χ4n) is 3.09. The molecule has 1 atom stereocenters. The molecule has 0 radical (unpaired) electrons. The van der Waals surface area contributed by atoms with E-state index in [1.165, 1.54) is 7.11 Å². The summed E-state index contributed by atoms with van der Waals surface area (Å²) >= 11 is 0. The molecule has 1 amide bonds. The third kappa shape index (κ3) is 4.82. The molecule has 3 rings (SSSR count). The molecular weight excluding hydrogens is 372 g/mol. The van der Waals surface area contributed by atoms with E-state index < -0.39 is 11.9 Å². The van der Waals surface area contributed by atoms with Crippen molar-refractivity contribution in [3.8, 4) is 0 Å². The maximum atomic E-state index is 12.2. The maximum Gasteiger partial charge on any atom is 0.340 e. The predicted octanol–water partition coefficient (Wildman–Crippen LogP) is 2.85. The van der Waals surface area contributed by atoms with E-state index in [-0.39, 0.29) is 25.1 Å². The summed E-state index contributed by atoms with van der Waals surface area (Å²) in [5.41, 5.74) is 2.03. The Balaban J connectivity index is 1.60. The van der Waals surface area contributed by atoms with Gasteiger partial charge in [0.25, 0.3) is 5.91 Å². The van der Waals surface area contributed by atoms with Crippen LogP contribution in [0, 0.1) is 0 Å². The smallest absolute Gasteiger partial charge is 0.340 e. The van der Waals surface area contributed by atoms with E-state index >= 15 is 0 Å². The molecule has 0 bridgehead atoms. The quantitative estimate of drug-likeness (QED) is 0.623. The van der Waals surface area contributed by atoms with Crippen LogP contribution in [0.1, 0.15) is 28.9 Å². The molecule has 2 aromatic carbocycles. The van der Waals surface area contributed by atoms with Gasteiger partial charge >= 0.3 is 11.9 Å². The van der Waals surface area contributed by atoms with Crippen molar-refractivity contribution >= 4 is 28.7 Å². The van der Waals surface area contributed by atoms with E-state index in [2.05, 4.69) is 5.32 Å². The van der Waals surface area contributed by atoms with Crippen molar-refractivity contribution in [2.45, 2.75) is 19.5 Å². The second-order valence-corrected chi connectivity index (χ2v) is 6.54. The summed E-state index contributed by atoms with van der Waals surface area (Å²) in [4.78, 5) is 36.3. The number of nitrogens with one attached hydrogen (secondary N) is 1. The highest BCUT2D eigenvalue weighted by Gasteiger charge is 2.18. The van der Waals surface area contributed by atoms with Crippen LogP contribution < -0.4 is 5.32 Å². The van der Waals surface area contributed by atoms with Crippen molar-refractivity contribution in [2.75, 3.05) is 13.7 Å². The summed E-state index contributed by atoms with van der Waals surface area (Å²) in [5.74, 6) is -1.45. The molecule has 0 unspecified atom stereocenters. The lowest BCUT2D eigenvalue weighted by molar-refractivity contribution is -0.149.